The molecule has 0 aliphatic rings. The molecule has 0 saturated heterocycles. The van der Waals surface area contributed by atoms with Crippen molar-refractivity contribution in [3.05, 3.63) is 34.3 Å². The Morgan fingerprint density at radius 2 is 2.18 bits per heavy atom. The number of halogens is 1. The number of benzene rings is 1. The van der Waals surface area contributed by atoms with Gasteiger partial charge in [-0.05, 0) is 18.9 Å². The first-order chi connectivity index (χ1) is 8.15. The first-order valence-electron chi connectivity index (χ1n) is 5.73. The summed E-state index contributed by atoms with van der Waals surface area (Å²) in [7, 11) is 0. The number of nitrogen functional groups attached to an aromatic ring is 1. The number of hydrogen-bond donors (Lipinski definition) is 2. The van der Waals surface area contributed by atoms with Gasteiger partial charge in [0, 0.05) is 11.1 Å². The molecular weight excluding hydrogens is 234 g/mol. The van der Waals surface area contributed by atoms with E-state index in [-0.39, 0.29) is 0 Å². The van der Waals surface area contributed by atoms with Gasteiger partial charge in [-0.15, -0.1) is 0 Å². The molecule has 1 heterocycles. The molecule has 0 saturated carbocycles. The van der Waals surface area contributed by atoms with Crippen LogP contribution < -0.4 is 5.73 Å². The fourth-order valence-corrected chi connectivity index (χ4v) is 2.17. The predicted molar refractivity (Wildman–Crippen MR) is 72.2 cm³/mol. The third-order valence-corrected chi connectivity index (χ3v) is 3.36. The monoisotopic (exact) mass is 249 g/mol. The van der Waals surface area contributed by atoms with Crippen molar-refractivity contribution in [3.63, 3.8) is 0 Å². The van der Waals surface area contributed by atoms with Crippen molar-refractivity contribution in [3.8, 4) is 11.3 Å². The van der Waals surface area contributed by atoms with Crippen LogP contribution in [0.5, 0.6) is 0 Å². The standard InChI is InChI=1S/C13H16ClN3/c1-3-5-10-12(16-17-13(10)15)9-7-4-6-8(2)11(9)14/h4,6-7H,3,5H2,1-2H3,(H3,15,16,17). The number of anilines is 1. The minimum atomic E-state index is 0.569. The number of hydrogen-bond acceptors (Lipinski definition) is 2. The largest absolute Gasteiger partial charge is 0.382 e. The van der Waals surface area contributed by atoms with Crippen molar-refractivity contribution < 1.29 is 0 Å². The maximum atomic E-state index is 6.32. The molecule has 0 aliphatic carbocycles. The normalized spacial score (nSPS) is 10.8. The Morgan fingerprint density at radius 3 is 2.88 bits per heavy atom. The second-order valence-electron chi connectivity index (χ2n) is 4.15. The fraction of sp³-hybridized carbons (Fsp3) is 0.308. The van der Waals surface area contributed by atoms with Crippen LogP contribution in [-0.2, 0) is 6.42 Å². The minimum Gasteiger partial charge on any atom is -0.382 e. The highest BCUT2D eigenvalue weighted by Crippen LogP contribution is 2.33. The first-order valence-corrected chi connectivity index (χ1v) is 6.11. The van der Waals surface area contributed by atoms with Gasteiger partial charge in [-0.2, -0.15) is 5.10 Å². The Hall–Kier alpha value is -1.48. The van der Waals surface area contributed by atoms with E-state index in [1.54, 1.807) is 0 Å². The van der Waals surface area contributed by atoms with E-state index in [0.717, 1.165) is 40.2 Å². The van der Waals surface area contributed by atoms with Crippen molar-refractivity contribution in [2.75, 3.05) is 5.73 Å². The molecule has 0 aliphatic heterocycles. The van der Waals surface area contributed by atoms with Crippen molar-refractivity contribution in [1.82, 2.24) is 10.2 Å². The Bertz CT molecular complexity index is 531. The van der Waals surface area contributed by atoms with Gasteiger partial charge in [0.2, 0.25) is 0 Å². The van der Waals surface area contributed by atoms with E-state index in [1.807, 2.05) is 25.1 Å². The number of nitrogens with two attached hydrogens (primary N) is 1. The molecule has 0 spiro atoms. The van der Waals surface area contributed by atoms with E-state index in [0.29, 0.717) is 5.82 Å². The molecular formula is C13H16ClN3. The summed E-state index contributed by atoms with van der Waals surface area (Å²) < 4.78 is 0. The first kappa shape index (κ1) is 12.0. The molecule has 3 nitrogen and oxygen atoms in total. The molecule has 0 bridgehead atoms. The van der Waals surface area contributed by atoms with Crippen LogP contribution in [-0.4, -0.2) is 10.2 Å². The molecule has 2 rings (SSSR count). The second-order valence-corrected chi connectivity index (χ2v) is 4.53. The zero-order valence-electron chi connectivity index (χ0n) is 10.0. The van der Waals surface area contributed by atoms with Crippen LogP contribution in [0.1, 0.15) is 24.5 Å². The highest BCUT2D eigenvalue weighted by molar-refractivity contribution is 6.34. The van der Waals surface area contributed by atoms with Crippen LogP contribution in [0, 0.1) is 6.92 Å². The molecule has 1 aromatic carbocycles. The van der Waals surface area contributed by atoms with Gasteiger partial charge in [0.15, 0.2) is 0 Å². The molecule has 0 unspecified atom stereocenters. The highest BCUT2D eigenvalue weighted by Gasteiger charge is 2.14. The summed E-state index contributed by atoms with van der Waals surface area (Å²) in [6.07, 6.45) is 1.93. The Labute approximate surface area is 106 Å². The maximum absolute atomic E-state index is 6.32. The van der Waals surface area contributed by atoms with Crippen LogP contribution in [0.3, 0.4) is 0 Å². The highest BCUT2D eigenvalue weighted by atomic mass is 35.5. The van der Waals surface area contributed by atoms with E-state index < -0.39 is 0 Å². The molecule has 0 fully saturated rings. The van der Waals surface area contributed by atoms with Crippen LogP contribution in [0.25, 0.3) is 11.3 Å². The Balaban J connectivity index is 2.56. The molecule has 90 valence electrons. The SMILES string of the molecule is CCCc1c(N)n[nH]c1-c1cccc(C)c1Cl. The summed E-state index contributed by atoms with van der Waals surface area (Å²) in [6.45, 7) is 4.11. The van der Waals surface area contributed by atoms with Crippen molar-refractivity contribution in [2.24, 2.45) is 0 Å². The van der Waals surface area contributed by atoms with Crippen molar-refractivity contribution in [1.29, 1.82) is 0 Å². The predicted octanol–water partition coefficient (Wildman–Crippen LogP) is 3.57. The van der Waals surface area contributed by atoms with E-state index in [4.69, 9.17) is 17.3 Å². The fourth-order valence-electron chi connectivity index (χ4n) is 1.95. The molecule has 0 amide bonds. The quantitative estimate of drug-likeness (QED) is 0.874. The number of aryl methyl sites for hydroxylation is 1. The van der Waals surface area contributed by atoms with Gasteiger partial charge >= 0.3 is 0 Å². The van der Waals surface area contributed by atoms with Crippen molar-refractivity contribution in [2.45, 2.75) is 26.7 Å². The van der Waals surface area contributed by atoms with Crippen LogP contribution in [0.4, 0.5) is 5.82 Å². The molecule has 0 atom stereocenters. The molecule has 2 aromatic rings. The lowest BCUT2D eigenvalue weighted by molar-refractivity contribution is 0.927. The average molecular weight is 250 g/mol. The zero-order valence-corrected chi connectivity index (χ0v) is 10.8. The summed E-state index contributed by atoms with van der Waals surface area (Å²) in [5, 5.41) is 7.82. The zero-order chi connectivity index (χ0) is 12.4. The maximum Gasteiger partial charge on any atom is 0.149 e. The van der Waals surface area contributed by atoms with E-state index in [1.165, 1.54) is 0 Å². The Kier molecular flexibility index (Phi) is 3.38. The number of H-pyrrole nitrogens is 1. The summed E-state index contributed by atoms with van der Waals surface area (Å²) >= 11 is 6.32. The number of rotatable bonds is 3. The summed E-state index contributed by atoms with van der Waals surface area (Å²) in [4.78, 5) is 0. The number of aromatic amines is 1. The van der Waals surface area contributed by atoms with E-state index in [9.17, 15) is 0 Å². The lowest BCUT2D eigenvalue weighted by Gasteiger charge is -2.07. The van der Waals surface area contributed by atoms with Gasteiger partial charge in [0.1, 0.15) is 5.82 Å². The van der Waals surface area contributed by atoms with Crippen molar-refractivity contribution >= 4 is 17.4 Å². The van der Waals surface area contributed by atoms with Gasteiger partial charge < -0.3 is 5.73 Å². The van der Waals surface area contributed by atoms with Crippen LogP contribution in [0.15, 0.2) is 18.2 Å². The summed E-state index contributed by atoms with van der Waals surface area (Å²) in [5.41, 5.74) is 9.89. The summed E-state index contributed by atoms with van der Waals surface area (Å²) in [6, 6.07) is 5.97. The lowest BCUT2D eigenvalue weighted by atomic mass is 10.0. The van der Waals surface area contributed by atoms with E-state index >= 15 is 0 Å². The van der Waals surface area contributed by atoms with Gasteiger partial charge in [-0.25, -0.2) is 0 Å². The van der Waals surface area contributed by atoms with Gasteiger partial charge in [0.05, 0.1) is 10.7 Å². The third kappa shape index (κ3) is 2.15. The summed E-state index contributed by atoms with van der Waals surface area (Å²) in [5.74, 6) is 0.569. The van der Waals surface area contributed by atoms with E-state index in [2.05, 4.69) is 17.1 Å². The molecule has 17 heavy (non-hydrogen) atoms. The molecule has 1 aromatic heterocycles. The minimum absolute atomic E-state index is 0.569. The smallest absolute Gasteiger partial charge is 0.149 e. The Morgan fingerprint density at radius 1 is 1.41 bits per heavy atom. The topological polar surface area (TPSA) is 54.7 Å². The third-order valence-electron chi connectivity index (χ3n) is 2.86. The number of aromatic nitrogens is 2. The van der Waals surface area contributed by atoms with Gasteiger partial charge in [-0.3, -0.25) is 5.10 Å². The number of nitrogens with one attached hydrogen (secondary N) is 1. The van der Waals surface area contributed by atoms with Gasteiger partial charge in [0.25, 0.3) is 0 Å². The van der Waals surface area contributed by atoms with Gasteiger partial charge in [-0.1, -0.05) is 43.1 Å². The molecule has 0 radical (unpaired) electrons. The molecule has 4 heteroatoms. The second kappa shape index (κ2) is 4.80. The lowest BCUT2D eigenvalue weighted by Crippen LogP contribution is -1.93. The molecule has 3 N–H and O–H groups in total. The van der Waals surface area contributed by atoms with Crippen LogP contribution in [0.2, 0.25) is 5.02 Å². The van der Waals surface area contributed by atoms with Crippen LogP contribution >= 0.6 is 11.6 Å². The average Bonchev–Trinajstić information content (AvgIpc) is 2.66. The number of nitrogens with zero attached hydrogens (tertiary/aromatic N) is 1.